The Labute approximate surface area is 130 Å². The molecule has 0 fully saturated rings. The van der Waals surface area contributed by atoms with Crippen molar-refractivity contribution >= 4 is 23.5 Å². The molecule has 10 nitrogen and oxygen atoms in total. The van der Waals surface area contributed by atoms with Crippen LogP contribution < -0.4 is 11.1 Å². The highest BCUT2D eigenvalue weighted by Gasteiger charge is 2.22. The predicted octanol–water partition coefficient (Wildman–Crippen LogP) is 0.0963. The summed E-state index contributed by atoms with van der Waals surface area (Å²) in [6.45, 7) is 3.75. The lowest BCUT2D eigenvalue weighted by molar-refractivity contribution is -0.119. The molecule has 0 bridgehead atoms. The number of primary amides is 1. The molecule has 0 radical (unpaired) electrons. The van der Waals surface area contributed by atoms with E-state index in [1.807, 2.05) is 0 Å². The van der Waals surface area contributed by atoms with Crippen LogP contribution in [0.1, 0.15) is 40.9 Å². The molecule has 1 atom stereocenters. The summed E-state index contributed by atoms with van der Waals surface area (Å²) in [4.78, 5) is 34.6. The highest BCUT2D eigenvalue weighted by Crippen LogP contribution is 2.17. The van der Waals surface area contributed by atoms with Gasteiger partial charge in [-0.2, -0.15) is 10.2 Å². The van der Waals surface area contributed by atoms with E-state index in [2.05, 4.69) is 15.5 Å². The van der Waals surface area contributed by atoms with Crippen molar-refractivity contribution in [3.63, 3.8) is 0 Å². The molecule has 10 heteroatoms. The van der Waals surface area contributed by atoms with Gasteiger partial charge in [-0.15, -0.1) is 0 Å². The number of aryl methyl sites for hydroxylation is 1. The van der Waals surface area contributed by atoms with E-state index in [4.69, 9.17) is 10.8 Å². The first kappa shape index (κ1) is 16.2. The lowest BCUT2D eigenvalue weighted by Gasteiger charge is -2.12. The van der Waals surface area contributed by atoms with Crippen LogP contribution in [0.3, 0.4) is 0 Å². The number of aromatic carboxylic acids is 1. The number of nitrogens with two attached hydrogens (primary N) is 1. The molecule has 2 heterocycles. The smallest absolute Gasteiger partial charge is 0.356 e. The molecule has 2 aromatic heterocycles. The SMILES string of the molecule is CCn1ncc(NC(=O)C(C)n2ccc(C(=O)O)n2)c1C(N)=O. The standard InChI is InChI=1S/C13H16N6O4/c1-3-18-10(11(14)20)9(6-15-18)16-12(21)7(2)19-5-4-8(17-19)13(22)23/h4-7H,3H2,1-2H3,(H2,14,20)(H,16,21)(H,22,23). The molecule has 0 aliphatic rings. The Morgan fingerprint density at radius 1 is 1.43 bits per heavy atom. The first-order valence-corrected chi connectivity index (χ1v) is 6.80. The molecule has 0 spiro atoms. The van der Waals surface area contributed by atoms with Crippen LogP contribution in [-0.4, -0.2) is 42.5 Å². The minimum absolute atomic E-state index is 0.0970. The van der Waals surface area contributed by atoms with Crippen LogP contribution in [0.4, 0.5) is 5.69 Å². The fourth-order valence-corrected chi connectivity index (χ4v) is 2.00. The molecule has 2 amide bonds. The van der Waals surface area contributed by atoms with Crippen LogP contribution in [0.5, 0.6) is 0 Å². The number of hydrogen-bond donors (Lipinski definition) is 3. The lowest BCUT2D eigenvalue weighted by Crippen LogP contribution is -2.26. The van der Waals surface area contributed by atoms with Crippen LogP contribution in [0, 0.1) is 0 Å². The largest absolute Gasteiger partial charge is 0.476 e. The number of carboxylic acid groups (broad SMARTS) is 1. The molecule has 0 aliphatic heterocycles. The highest BCUT2D eigenvalue weighted by atomic mass is 16.4. The van der Waals surface area contributed by atoms with Gasteiger partial charge in [-0.05, 0) is 19.9 Å². The average Bonchev–Trinajstić information content (AvgIpc) is 3.12. The molecule has 1 unspecified atom stereocenters. The van der Waals surface area contributed by atoms with Gasteiger partial charge in [0.15, 0.2) is 5.69 Å². The third kappa shape index (κ3) is 3.20. The minimum Gasteiger partial charge on any atom is -0.476 e. The normalized spacial score (nSPS) is 11.9. The van der Waals surface area contributed by atoms with Crippen molar-refractivity contribution < 1.29 is 19.5 Å². The molecule has 0 saturated heterocycles. The topological polar surface area (TPSA) is 145 Å². The van der Waals surface area contributed by atoms with Gasteiger partial charge in [0.25, 0.3) is 5.91 Å². The second kappa shape index (κ2) is 6.30. The van der Waals surface area contributed by atoms with Gasteiger partial charge in [-0.25, -0.2) is 4.79 Å². The maximum absolute atomic E-state index is 12.3. The summed E-state index contributed by atoms with van der Waals surface area (Å²) >= 11 is 0. The summed E-state index contributed by atoms with van der Waals surface area (Å²) in [5.74, 6) is -2.38. The van der Waals surface area contributed by atoms with Crippen molar-refractivity contribution in [2.75, 3.05) is 5.32 Å². The number of aromatic nitrogens is 4. The van der Waals surface area contributed by atoms with E-state index in [9.17, 15) is 14.4 Å². The Morgan fingerprint density at radius 2 is 2.13 bits per heavy atom. The average molecular weight is 320 g/mol. The van der Waals surface area contributed by atoms with Gasteiger partial charge in [0.05, 0.1) is 11.9 Å². The first-order chi connectivity index (χ1) is 10.8. The quantitative estimate of drug-likeness (QED) is 0.688. The molecular formula is C13H16N6O4. The number of rotatable bonds is 6. The van der Waals surface area contributed by atoms with Gasteiger partial charge in [0, 0.05) is 12.7 Å². The number of carbonyl (C=O) groups excluding carboxylic acids is 2. The van der Waals surface area contributed by atoms with Gasteiger partial charge in [0.1, 0.15) is 11.7 Å². The predicted molar refractivity (Wildman–Crippen MR) is 78.9 cm³/mol. The number of hydrogen-bond acceptors (Lipinski definition) is 5. The zero-order valence-corrected chi connectivity index (χ0v) is 12.6. The monoisotopic (exact) mass is 320 g/mol. The van der Waals surface area contributed by atoms with E-state index >= 15 is 0 Å². The fourth-order valence-electron chi connectivity index (χ4n) is 2.00. The van der Waals surface area contributed by atoms with Crippen LogP contribution in [0.2, 0.25) is 0 Å². The molecule has 0 aliphatic carbocycles. The number of carbonyl (C=O) groups is 3. The Balaban J connectivity index is 2.19. The van der Waals surface area contributed by atoms with Crippen molar-refractivity contribution in [1.29, 1.82) is 0 Å². The summed E-state index contributed by atoms with van der Waals surface area (Å²) < 4.78 is 2.59. The fraction of sp³-hybridized carbons (Fsp3) is 0.308. The van der Waals surface area contributed by atoms with E-state index in [0.717, 1.165) is 0 Å². The van der Waals surface area contributed by atoms with E-state index < -0.39 is 23.8 Å². The second-order valence-corrected chi connectivity index (χ2v) is 4.74. The number of carboxylic acids is 1. The van der Waals surface area contributed by atoms with Gasteiger partial charge in [-0.1, -0.05) is 0 Å². The van der Waals surface area contributed by atoms with E-state index in [1.165, 1.54) is 27.8 Å². The molecule has 0 aromatic carbocycles. The van der Waals surface area contributed by atoms with Crippen molar-refractivity contribution in [3.8, 4) is 0 Å². The second-order valence-electron chi connectivity index (χ2n) is 4.74. The van der Waals surface area contributed by atoms with Crippen LogP contribution in [0.25, 0.3) is 0 Å². The molecule has 122 valence electrons. The minimum atomic E-state index is -1.18. The summed E-state index contributed by atoms with van der Waals surface area (Å²) in [5.41, 5.74) is 5.43. The molecule has 4 N–H and O–H groups in total. The number of nitrogens with zero attached hydrogens (tertiary/aromatic N) is 4. The van der Waals surface area contributed by atoms with Crippen molar-refractivity contribution in [2.45, 2.75) is 26.4 Å². The van der Waals surface area contributed by atoms with Crippen LogP contribution in [-0.2, 0) is 11.3 Å². The number of anilines is 1. The van der Waals surface area contributed by atoms with Crippen molar-refractivity contribution in [2.24, 2.45) is 5.73 Å². The van der Waals surface area contributed by atoms with Gasteiger partial charge in [0.2, 0.25) is 5.91 Å². The Bertz CT molecular complexity index is 762. The lowest BCUT2D eigenvalue weighted by atomic mass is 10.3. The number of amides is 2. The van der Waals surface area contributed by atoms with E-state index in [0.29, 0.717) is 6.54 Å². The van der Waals surface area contributed by atoms with Crippen molar-refractivity contribution in [3.05, 3.63) is 29.8 Å². The van der Waals surface area contributed by atoms with Gasteiger partial charge in [-0.3, -0.25) is 19.0 Å². The first-order valence-electron chi connectivity index (χ1n) is 6.80. The molecule has 23 heavy (non-hydrogen) atoms. The van der Waals surface area contributed by atoms with E-state index in [-0.39, 0.29) is 17.1 Å². The van der Waals surface area contributed by atoms with E-state index in [1.54, 1.807) is 13.8 Å². The Morgan fingerprint density at radius 3 is 2.65 bits per heavy atom. The Kier molecular flexibility index (Phi) is 4.44. The van der Waals surface area contributed by atoms with Gasteiger partial charge >= 0.3 is 5.97 Å². The van der Waals surface area contributed by atoms with Crippen LogP contribution >= 0.6 is 0 Å². The third-order valence-electron chi connectivity index (χ3n) is 3.23. The molecule has 0 saturated carbocycles. The molecule has 2 rings (SSSR count). The summed E-state index contributed by atoms with van der Waals surface area (Å²) in [7, 11) is 0. The maximum atomic E-state index is 12.3. The number of nitrogens with one attached hydrogen (secondary N) is 1. The third-order valence-corrected chi connectivity index (χ3v) is 3.23. The molecular weight excluding hydrogens is 304 g/mol. The highest BCUT2D eigenvalue weighted by molar-refractivity contribution is 6.02. The summed E-state index contributed by atoms with van der Waals surface area (Å²) in [6, 6.07) is 0.504. The van der Waals surface area contributed by atoms with Crippen molar-refractivity contribution in [1.82, 2.24) is 19.6 Å². The maximum Gasteiger partial charge on any atom is 0.356 e. The zero-order valence-electron chi connectivity index (χ0n) is 12.6. The van der Waals surface area contributed by atoms with Crippen LogP contribution in [0.15, 0.2) is 18.5 Å². The summed E-state index contributed by atoms with van der Waals surface area (Å²) in [6.07, 6.45) is 2.72. The van der Waals surface area contributed by atoms with Gasteiger partial charge < -0.3 is 16.2 Å². The summed E-state index contributed by atoms with van der Waals surface area (Å²) in [5, 5.41) is 19.2. The Hall–Kier alpha value is -3.17. The zero-order chi connectivity index (χ0) is 17.1. The molecule has 2 aromatic rings.